The van der Waals surface area contributed by atoms with E-state index < -0.39 is 5.97 Å². The highest BCUT2D eigenvalue weighted by molar-refractivity contribution is 9.10. The number of hydrogen-bond donors (Lipinski definition) is 0. The number of aromatic nitrogens is 2. The van der Waals surface area contributed by atoms with Crippen molar-refractivity contribution in [1.29, 1.82) is 0 Å². The summed E-state index contributed by atoms with van der Waals surface area (Å²) in [6, 6.07) is 0. The van der Waals surface area contributed by atoms with Crippen LogP contribution in [0.1, 0.15) is 56.7 Å². The van der Waals surface area contributed by atoms with Gasteiger partial charge < -0.3 is 14.4 Å². The number of anilines is 1. The van der Waals surface area contributed by atoms with Gasteiger partial charge in [0.05, 0.1) is 25.0 Å². The highest BCUT2D eigenvalue weighted by Gasteiger charge is 2.50. The number of hydrogen-bond acceptors (Lipinski definition) is 6. The van der Waals surface area contributed by atoms with Gasteiger partial charge in [0.2, 0.25) is 0 Å². The molecule has 0 N–H and O–H groups in total. The number of ether oxygens (including phenoxy) is 2. The molecule has 0 amide bonds. The first-order valence-corrected chi connectivity index (χ1v) is 10.7. The van der Waals surface area contributed by atoms with Gasteiger partial charge in [-0.3, -0.25) is 0 Å². The Morgan fingerprint density at radius 2 is 2.04 bits per heavy atom. The maximum absolute atomic E-state index is 12.4. The lowest BCUT2D eigenvalue weighted by atomic mass is 9.65. The average molecular weight is 440 g/mol. The third kappa shape index (κ3) is 3.86. The van der Waals surface area contributed by atoms with E-state index in [2.05, 4.69) is 51.6 Å². The Morgan fingerprint density at radius 3 is 2.63 bits per heavy atom. The molecule has 150 valence electrons. The molecule has 2 saturated heterocycles. The molecule has 7 heteroatoms. The van der Waals surface area contributed by atoms with Gasteiger partial charge in [-0.2, -0.15) is 0 Å². The van der Waals surface area contributed by atoms with E-state index in [1.165, 1.54) is 0 Å². The summed E-state index contributed by atoms with van der Waals surface area (Å²) in [5.74, 6) is 1.39. The summed E-state index contributed by atoms with van der Waals surface area (Å²) in [4.78, 5) is 23.7. The molecule has 0 bridgehead atoms. The molecular formula is C20H30BrN3O3. The van der Waals surface area contributed by atoms with E-state index in [1.807, 2.05) is 6.92 Å². The van der Waals surface area contributed by atoms with Crippen LogP contribution in [-0.4, -0.2) is 48.3 Å². The van der Waals surface area contributed by atoms with E-state index in [0.717, 1.165) is 38.2 Å². The second-order valence-corrected chi connectivity index (χ2v) is 8.88. The molecule has 1 unspecified atom stereocenters. The Bertz CT molecular complexity index is 702. The molecule has 0 radical (unpaired) electrons. The quantitative estimate of drug-likeness (QED) is 0.660. The molecule has 2 atom stereocenters. The van der Waals surface area contributed by atoms with E-state index in [-0.39, 0.29) is 5.41 Å². The van der Waals surface area contributed by atoms with Gasteiger partial charge in [0.1, 0.15) is 4.60 Å². The van der Waals surface area contributed by atoms with E-state index in [4.69, 9.17) is 9.47 Å². The van der Waals surface area contributed by atoms with Crippen LogP contribution in [-0.2, 0) is 9.47 Å². The van der Waals surface area contributed by atoms with E-state index in [1.54, 1.807) is 6.92 Å². The molecule has 0 saturated carbocycles. The second kappa shape index (κ2) is 8.03. The van der Waals surface area contributed by atoms with Crippen LogP contribution < -0.4 is 4.90 Å². The molecule has 1 aromatic rings. The molecule has 2 aliphatic heterocycles. The molecular weight excluding hydrogens is 410 g/mol. The molecule has 2 fully saturated rings. The van der Waals surface area contributed by atoms with Gasteiger partial charge in [0.25, 0.3) is 0 Å². The Labute approximate surface area is 170 Å². The van der Waals surface area contributed by atoms with Crippen molar-refractivity contribution in [2.75, 3.05) is 31.2 Å². The highest BCUT2D eigenvalue weighted by Crippen LogP contribution is 2.50. The van der Waals surface area contributed by atoms with E-state index in [9.17, 15) is 4.79 Å². The summed E-state index contributed by atoms with van der Waals surface area (Å²) in [7, 11) is 0. The van der Waals surface area contributed by atoms with Crippen molar-refractivity contribution >= 4 is 27.7 Å². The van der Waals surface area contributed by atoms with Crippen molar-refractivity contribution < 1.29 is 14.3 Å². The molecule has 1 aromatic heterocycles. The second-order valence-electron chi connectivity index (χ2n) is 8.13. The summed E-state index contributed by atoms with van der Waals surface area (Å²) >= 11 is 3.39. The van der Waals surface area contributed by atoms with Crippen LogP contribution in [0.2, 0.25) is 0 Å². The van der Waals surface area contributed by atoms with Crippen LogP contribution in [0.4, 0.5) is 5.82 Å². The first kappa shape index (κ1) is 20.5. The van der Waals surface area contributed by atoms with E-state index >= 15 is 0 Å². The zero-order valence-electron chi connectivity index (χ0n) is 16.9. The lowest BCUT2D eigenvalue weighted by Crippen LogP contribution is -2.46. The summed E-state index contributed by atoms with van der Waals surface area (Å²) in [6.45, 7) is 13.3. The Hall–Kier alpha value is -1.21. The summed E-state index contributed by atoms with van der Waals surface area (Å²) in [5, 5.41) is 0. The monoisotopic (exact) mass is 439 g/mol. The Morgan fingerprint density at radius 1 is 1.37 bits per heavy atom. The van der Waals surface area contributed by atoms with Crippen molar-refractivity contribution in [2.45, 2.75) is 53.6 Å². The molecule has 0 aliphatic carbocycles. The van der Waals surface area contributed by atoms with Gasteiger partial charge in [-0.1, -0.05) is 13.8 Å². The van der Waals surface area contributed by atoms with Gasteiger partial charge in [-0.05, 0) is 61.4 Å². The number of aryl methyl sites for hydroxylation is 1. The van der Waals surface area contributed by atoms with Crippen LogP contribution in [0.3, 0.4) is 0 Å². The zero-order valence-corrected chi connectivity index (χ0v) is 18.5. The number of piperidine rings is 1. The number of esters is 1. The lowest BCUT2D eigenvalue weighted by Gasteiger charge is -2.44. The third-order valence-electron chi connectivity index (χ3n) is 6.09. The molecule has 6 nitrogen and oxygen atoms in total. The molecule has 27 heavy (non-hydrogen) atoms. The summed E-state index contributed by atoms with van der Waals surface area (Å²) in [5.41, 5.74) is 1.30. The van der Waals surface area contributed by atoms with Gasteiger partial charge in [0, 0.05) is 18.5 Å². The maximum Gasteiger partial charge on any atom is 0.360 e. The third-order valence-corrected chi connectivity index (χ3v) is 6.84. The van der Waals surface area contributed by atoms with Crippen LogP contribution >= 0.6 is 15.9 Å². The Balaban J connectivity index is 1.84. The lowest BCUT2D eigenvalue weighted by molar-refractivity contribution is 0.0519. The number of carbonyl (C=O) groups is 1. The largest absolute Gasteiger partial charge is 0.461 e. The first-order valence-electron chi connectivity index (χ1n) is 9.87. The fourth-order valence-corrected chi connectivity index (χ4v) is 5.20. The van der Waals surface area contributed by atoms with Gasteiger partial charge >= 0.3 is 5.97 Å². The van der Waals surface area contributed by atoms with Crippen molar-refractivity contribution in [3.8, 4) is 0 Å². The van der Waals surface area contributed by atoms with Crippen molar-refractivity contribution in [2.24, 2.45) is 17.3 Å². The number of halogens is 1. The summed E-state index contributed by atoms with van der Waals surface area (Å²) in [6.07, 6.45) is 2.39. The Kier molecular flexibility index (Phi) is 6.11. The van der Waals surface area contributed by atoms with E-state index in [0.29, 0.717) is 40.7 Å². The number of carbonyl (C=O) groups excluding carboxylic acids is 1. The highest BCUT2D eigenvalue weighted by atomic mass is 79.9. The minimum absolute atomic E-state index is 0.228. The fourth-order valence-electron chi connectivity index (χ4n) is 4.93. The van der Waals surface area contributed by atoms with Crippen molar-refractivity contribution in [3.63, 3.8) is 0 Å². The summed E-state index contributed by atoms with van der Waals surface area (Å²) < 4.78 is 11.8. The SMILES string of the molecule is CCOC(=O)c1nc(Br)c(C)nc1N1CCC2(CC1)CO[C@@H](C)C2C(C)C. The minimum atomic E-state index is -0.418. The molecule has 3 rings (SSSR count). The zero-order chi connectivity index (χ0) is 19.8. The van der Waals surface area contributed by atoms with Crippen LogP contribution in [0.5, 0.6) is 0 Å². The van der Waals surface area contributed by atoms with Crippen molar-refractivity contribution in [1.82, 2.24) is 9.97 Å². The molecule has 3 heterocycles. The molecule has 1 spiro atoms. The number of rotatable bonds is 4. The van der Waals surface area contributed by atoms with Gasteiger partial charge in [-0.25, -0.2) is 14.8 Å². The maximum atomic E-state index is 12.4. The normalized spacial score (nSPS) is 24.6. The van der Waals surface area contributed by atoms with Crippen LogP contribution in [0, 0.1) is 24.2 Å². The standard InChI is InChI=1S/C20H30BrN3O3/c1-6-26-19(25)16-18(22-13(4)17(21)23-16)24-9-7-20(8-10-24)11-27-14(5)15(20)12(2)3/h12,14-15H,6-11H2,1-5H3/t14-,15?/m0/s1. The van der Waals surface area contributed by atoms with Gasteiger partial charge in [0.15, 0.2) is 11.5 Å². The minimum Gasteiger partial charge on any atom is -0.461 e. The molecule has 2 aliphatic rings. The molecule has 0 aromatic carbocycles. The first-order chi connectivity index (χ1) is 12.8. The van der Waals surface area contributed by atoms with Crippen LogP contribution in [0.25, 0.3) is 0 Å². The average Bonchev–Trinajstić information content (AvgIpc) is 2.94. The predicted molar refractivity (Wildman–Crippen MR) is 108 cm³/mol. The topological polar surface area (TPSA) is 64.5 Å². The van der Waals surface area contributed by atoms with Crippen molar-refractivity contribution in [3.05, 3.63) is 16.0 Å². The number of nitrogens with zero attached hydrogens (tertiary/aromatic N) is 3. The van der Waals surface area contributed by atoms with Crippen LogP contribution in [0.15, 0.2) is 4.60 Å². The fraction of sp³-hybridized carbons (Fsp3) is 0.750. The smallest absolute Gasteiger partial charge is 0.360 e. The predicted octanol–water partition coefficient (Wildman–Crippen LogP) is 4.00. The van der Waals surface area contributed by atoms with Gasteiger partial charge in [-0.15, -0.1) is 0 Å².